The van der Waals surface area contributed by atoms with Crippen molar-refractivity contribution in [1.29, 1.82) is 0 Å². The lowest BCUT2D eigenvalue weighted by Gasteiger charge is -2.31. The number of methoxy groups -OCH3 is 1. The van der Waals surface area contributed by atoms with Gasteiger partial charge >= 0.3 is 5.97 Å². The number of rotatable bonds is 10. The number of hydrogen-bond donors (Lipinski definition) is 0. The number of ether oxygens (including phenoxy) is 3. The summed E-state index contributed by atoms with van der Waals surface area (Å²) < 4.78 is 45.1. The molecule has 1 saturated heterocycles. The molecule has 1 aliphatic heterocycles. The van der Waals surface area contributed by atoms with Crippen LogP contribution < -0.4 is 9.47 Å². The Bertz CT molecular complexity index is 1540. The molecular formula is C30H31ClF2N4O4. The summed E-state index contributed by atoms with van der Waals surface area (Å²) in [5, 5.41) is 0.342. The van der Waals surface area contributed by atoms with Crippen molar-refractivity contribution in [2.75, 3.05) is 33.5 Å². The predicted octanol–water partition coefficient (Wildman–Crippen LogP) is 5.85. The van der Waals surface area contributed by atoms with Gasteiger partial charge in [-0.2, -0.15) is 0 Å². The predicted molar refractivity (Wildman–Crippen MR) is 151 cm³/mol. The van der Waals surface area contributed by atoms with Gasteiger partial charge in [0, 0.05) is 35.3 Å². The van der Waals surface area contributed by atoms with E-state index in [1.807, 2.05) is 23.7 Å². The van der Waals surface area contributed by atoms with E-state index in [9.17, 15) is 13.6 Å². The Balaban J connectivity index is 1.24. The minimum absolute atomic E-state index is 0.0670. The number of nitrogens with zero attached hydrogens (tertiary/aromatic N) is 4. The van der Waals surface area contributed by atoms with Gasteiger partial charge in [-0.25, -0.2) is 23.5 Å². The van der Waals surface area contributed by atoms with Gasteiger partial charge in [0.05, 0.1) is 24.7 Å². The molecule has 0 saturated carbocycles. The fraction of sp³-hybridized carbons (Fsp3) is 0.367. The van der Waals surface area contributed by atoms with Crippen molar-refractivity contribution in [2.45, 2.75) is 31.9 Å². The zero-order chi connectivity index (χ0) is 28.9. The lowest BCUT2D eigenvalue weighted by molar-refractivity contribution is 0.0600. The van der Waals surface area contributed by atoms with Gasteiger partial charge in [-0.15, -0.1) is 0 Å². The molecule has 0 aliphatic carbocycles. The van der Waals surface area contributed by atoms with E-state index in [1.54, 1.807) is 30.3 Å². The van der Waals surface area contributed by atoms with Gasteiger partial charge in [-0.3, -0.25) is 4.90 Å². The molecule has 4 aromatic rings. The summed E-state index contributed by atoms with van der Waals surface area (Å²) in [7, 11) is 3.21. The summed E-state index contributed by atoms with van der Waals surface area (Å²) in [6.45, 7) is 1.58. The number of likely N-dealkylation sites (tertiary alicyclic amines) is 1. The molecular weight excluding hydrogens is 554 g/mol. The van der Waals surface area contributed by atoms with Gasteiger partial charge in [0.1, 0.15) is 42.8 Å². The topological polar surface area (TPSA) is 78.7 Å². The fourth-order valence-electron chi connectivity index (χ4n) is 5.06. The molecule has 0 spiro atoms. The highest BCUT2D eigenvalue weighted by atomic mass is 35.5. The Labute approximate surface area is 241 Å². The van der Waals surface area contributed by atoms with Gasteiger partial charge in [0.15, 0.2) is 0 Å². The summed E-state index contributed by atoms with van der Waals surface area (Å²) in [6.07, 6.45) is 1.81. The van der Waals surface area contributed by atoms with Crippen molar-refractivity contribution in [3.63, 3.8) is 0 Å². The molecule has 2 aromatic heterocycles. The van der Waals surface area contributed by atoms with Crippen LogP contribution in [0.2, 0.25) is 5.02 Å². The molecule has 11 heteroatoms. The number of imidazole rings is 1. The average molecular weight is 585 g/mol. The first-order valence-electron chi connectivity index (χ1n) is 13.4. The lowest BCUT2D eigenvalue weighted by atomic mass is 9.93. The summed E-state index contributed by atoms with van der Waals surface area (Å²) in [4.78, 5) is 24.0. The van der Waals surface area contributed by atoms with E-state index in [0.29, 0.717) is 45.4 Å². The minimum atomic E-state index is -0.649. The number of aryl methyl sites for hydroxylation is 1. The Morgan fingerprint density at radius 3 is 2.63 bits per heavy atom. The molecule has 0 unspecified atom stereocenters. The monoisotopic (exact) mass is 584 g/mol. The Morgan fingerprint density at radius 1 is 1.10 bits per heavy atom. The second-order valence-corrected chi connectivity index (χ2v) is 10.4. The standard InChI is InChI=1S/C30H31ClF2N4O4/c1-36-25-14-21(30(38)39-2)15-26(40-13-10-32)29(25)35-27(36)17-37-11-8-19(9-12-37)24-4-3-5-28(34-24)41-18-20-6-7-22(31)16-23(20)33/h3-7,14-16,19H,8-13,17-18H2,1-2H3. The molecule has 0 bridgehead atoms. The first kappa shape index (κ1) is 28.8. The first-order chi connectivity index (χ1) is 19.9. The van der Waals surface area contributed by atoms with E-state index in [1.165, 1.54) is 13.2 Å². The smallest absolute Gasteiger partial charge is 0.338 e. The van der Waals surface area contributed by atoms with Crippen LogP contribution in [0, 0.1) is 5.82 Å². The van der Waals surface area contributed by atoms with Crippen LogP contribution in [-0.4, -0.2) is 58.9 Å². The molecule has 1 fully saturated rings. The van der Waals surface area contributed by atoms with Crippen molar-refractivity contribution in [1.82, 2.24) is 19.4 Å². The van der Waals surface area contributed by atoms with Crippen LogP contribution in [0.3, 0.4) is 0 Å². The number of hydrogen-bond acceptors (Lipinski definition) is 7. The van der Waals surface area contributed by atoms with E-state index in [4.69, 9.17) is 35.8 Å². The quantitative estimate of drug-likeness (QED) is 0.216. The molecule has 0 radical (unpaired) electrons. The minimum Gasteiger partial charge on any atom is -0.488 e. The second kappa shape index (κ2) is 12.8. The summed E-state index contributed by atoms with van der Waals surface area (Å²) in [6, 6.07) is 13.5. The van der Waals surface area contributed by atoms with Crippen molar-refractivity contribution < 1.29 is 27.8 Å². The number of pyridine rings is 1. The molecule has 5 rings (SSSR count). The van der Waals surface area contributed by atoms with Crippen LogP contribution in [0.1, 0.15) is 46.2 Å². The lowest BCUT2D eigenvalue weighted by Crippen LogP contribution is -2.33. The number of aromatic nitrogens is 3. The van der Waals surface area contributed by atoms with Crippen LogP contribution in [0.5, 0.6) is 11.6 Å². The number of fused-ring (bicyclic) bond motifs is 1. The third-order valence-corrected chi connectivity index (χ3v) is 7.54. The third-order valence-electron chi connectivity index (χ3n) is 7.31. The largest absolute Gasteiger partial charge is 0.488 e. The van der Waals surface area contributed by atoms with Gasteiger partial charge in [0.25, 0.3) is 0 Å². The zero-order valence-electron chi connectivity index (χ0n) is 22.9. The van der Waals surface area contributed by atoms with Crippen LogP contribution in [0.25, 0.3) is 11.0 Å². The van der Waals surface area contributed by atoms with Gasteiger partial charge < -0.3 is 18.8 Å². The Hall–Kier alpha value is -3.76. The summed E-state index contributed by atoms with van der Waals surface area (Å²) in [5.74, 6) is 0.986. The van der Waals surface area contributed by atoms with E-state index in [-0.39, 0.29) is 19.1 Å². The number of benzene rings is 2. The SMILES string of the molecule is COC(=O)c1cc(OCCF)c2nc(CN3CCC(c4cccc(OCc5ccc(Cl)cc5F)n4)CC3)n(C)c2c1. The highest BCUT2D eigenvalue weighted by Crippen LogP contribution is 2.31. The number of alkyl halides is 1. The zero-order valence-corrected chi connectivity index (χ0v) is 23.7. The van der Waals surface area contributed by atoms with E-state index < -0.39 is 18.5 Å². The Morgan fingerprint density at radius 2 is 1.90 bits per heavy atom. The highest BCUT2D eigenvalue weighted by Gasteiger charge is 2.24. The molecule has 0 N–H and O–H groups in total. The van der Waals surface area contributed by atoms with Gasteiger partial charge in [-0.1, -0.05) is 23.7 Å². The van der Waals surface area contributed by atoms with Crippen molar-refractivity contribution in [2.24, 2.45) is 7.05 Å². The summed E-state index contributed by atoms with van der Waals surface area (Å²) in [5.41, 5.74) is 2.98. The second-order valence-electron chi connectivity index (χ2n) is 9.93. The molecule has 8 nitrogen and oxygen atoms in total. The van der Waals surface area contributed by atoms with E-state index >= 15 is 0 Å². The highest BCUT2D eigenvalue weighted by molar-refractivity contribution is 6.30. The van der Waals surface area contributed by atoms with Crippen LogP contribution in [0.15, 0.2) is 48.5 Å². The van der Waals surface area contributed by atoms with Crippen molar-refractivity contribution >= 4 is 28.6 Å². The maximum atomic E-state index is 14.1. The first-order valence-corrected chi connectivity index (χ1v) is 13.8. The fourth-order valence-corrected chi connectivity index (χ4v) is 5.21. The number of esters is 1. The maximum absolute atomic E-state index is 14.1. The molecule has 216 valence electrons. The number of halogens is 3. The van der Waals surface area contributed by atoms with Crippen LogP contribution in [0.4, 0.5) is 8.78 Å². The summed E-state index contributed by atoms with van der Waals surface area (Å²) >= 11 is 5.83. The molecule has 41 heavy (non-hydrogen) atoms. The van der Waals surface area contributed by atoms with Crippen LogP contribution >= 0.6 is 11.6 Å². The number of piperidine rings is 1. The average Bonchev–Trinajstić information content (AvgIpc) is 3.30. The number of carbonyl (C=O) groups is 1. The molecule has 3 heterocycles. The van der Waals surface area contributed by atoms with Gasteiger partial charge in [-0.05, 0) is 56.3 Å². The normalized spacial score (nSPS) is 14.4. The molecule has 0 amide bonds. The third kappa shape index (κ3) is 6.60. The van der Waals surface area contributed by atoms with Crippen LogP contribution in [-0.2, 0) is 24.9 Å². The molecule has 2 aromatic carbocycles. The molecule has 1 aliphatic rings. The van der Waals surface area contributed by atoms with Crippen molar-refractivity contribution in [3.8, 4) is 11.6 Å². The molecule has 0 atom stereocenters. The van der Waals surface area contributed by atoms with E-state index in [0.717, 1.165) is 37.4 Å². The van der Waals surface area contributed by atoms with E-state index in [2.05, 4.69) is 4.90 Å². The Kier molecular flexibility index (Phi) is 8.99. The van der Waals surface area contributed by atoms with Gasteiger partial charge in [0.2, 0.25) is 5.88 Å². The maximum Gasteiger partial charge on any atom is 0.338 e. The van der Waals surface area contributed by atoms with Crippen molar-refractivity contribution in [3.05, 3.63) is 82.0 Å². The number of carbonyl (C=O) groups excluding carboxylic acids is 1.